The van der Waals surface area contributed by atoms with Crippen LogP contribution < -0.4 is 24.3 Å². The molecule has 8 heteroatoms. The molecule has 0 saturated carbocycles. The van der Waals surface area contributed by atoms with Gasteiger partial charge in [0.2, 0.25) is 11.6 Å². The first kappa shape index (κ1) is 16.3. The van der Waals surface area contributed by atoms with Crippen molar-refractivity contribution in [2.75, 3.05) is 33.8 Å². The van der Waals surface area contributed by atoms with Gasteiger partial charge >= 0.3 is 0 Å². The molecule has 0 spiro atoms. The van der Waals surface area contributed by atoms with Crippen molar-refractivity contribution in [3.05, 3.63) is 30.2 Å². The maximum atomic E-state index is 12.3. The zero-order chi connectivity index (χ0) is 16.8. The Morgan fingerprint density at radius 3 is 2.09 bits per heavy atom. The van der Waals surface area contributed by atoms with Gasteiger partial charge in [-0.05, 0) is 0 Å². The maximum Gasteiger partial charge on any atom is 0.274 e. The number of amides is 1. The molecular formula is C15H17N3O5. The summed E-state index contributed by atoms with van der Waals surface area (Å²) in [4.78, 5) is 20.0. The molecule has 0 bridgehead atoms. The monoisotopic (exact) mass is 319 g/mol. The number of carbonyl (C=O) groups excluding carboxylic acids is 1. The first-order chi connectivity index (χ1) is 11.1. The van der Waals surface area contributed by atoms with Gasteiger partial charge in [0.1, 0.15) is 12.0 Å². The van der Waals surface area contributed by atoms with E-state index in [1.807, 2.05) is 0 Å². The van der Waals surface area contributed by atoms with E-state index in [1.54, 1.807) is 12.1 Å². The minimum absolute atomic E-state index is 0.172. The SMILES string of the molecule is COc1cc(C(=O)Nc2cc(OC)c(OC)c(OC)c2)ncn1. The van der Waals surface area contributed by atoms with E-state index in [1.165, 1.54) is 40.8 Å². The number of anilines is 1. The van der Waals surface area contributed by atoms with Crippen LogP contribution in [0.2, 0.25) is 0 Å². The van der Waals surface area contributed by atoms with Crippen LogP contribution in [0, 0.1) is 0 Å². The highest BCUT2D eigenvalue weighted by molar-refractivity contribution is 6.03. The van der Waals surface area contributed by atoms with Gasteiger partial charge in [0.05, 0.1) is 28.4 Å². The molecule has 0 atom stereocenters. The number of hydrogen-bond donors (Lipinski definition) is 1. The van der Waals surface area contributed by atoms with Crippen molar-refractivity contribution in [3.8, 4) is 23.1 Å². The van der Waals surface area contributed by atoms with E-state index in [-0.39, 0.29) is 5.69 Å². The van der Waals surface area contributed by atoms with Gasteiger partial charge < -0.3 is 24.3 Å². The van der Waals surface area contributed by atoms with Crippen LogP contribution in [0.5, 0.6) is 23.1 Å². The summed E-state index contributed by atoms with van der Waals surface area (Å²) in [5.41, 5.74) is 0.646. The van der Waals surface area contributed by atoms with Crippen LogP contribution in [-0.4, -0.2) is 44.3 Å². The second-order valence-electron chi connectivity index (χ2n) is 4.31. The lowest BCUT2D eigenvalue weighted by Crippen LogP contribution is -2.14. The molecule has 1 aromatic carbocycles. The third-order valence-electron chi connectivity index (χ3n) is 3.01. The maximum absolute atomic E-state index is 12.3. The largest absolute Gasteiger partial charge is 0.493 e. The smallest absolute Gasteiger partial charge is 0.274 e. The fourth-order valence-corrected chi connectivity index (χ4v) is 1.92. The van der Waals surface area contributed by atoms with Gasteiger partial charge in [0.15, 0.2) is 11.5 Å². The van der Waals surface area contributed by atoms with Crippen LogP contribution in [0.3, 0.4) is 0 Å². The lowest BCUT2D eigenvalue weighted by atomic mass is 10.2. The number of carbonyl (C=O) groups is 1. The van der Waals surface area contributed by atoms with Crippen molar-refractivity contribution < 1.29 is 23.7 Å². The predicted octanol–water partition coefficient (Wildman–Crippen LogP) is 1.76. The molecule has 1 amide bonds. The van der Waals surface area contributed by atoms with Crippen molar-refractivity contribution in [2.45, 2.75) is 0 Å². The minimum Gasteiger partial charge on any atom is -0.493 e. The molecule has 122 valence electrons. The molecule has 1 heterocycles. The van der Waals surface area contributed by atoms with Crippen LogP contribution in [0.15, 0.2) is 24.5 Å². The quantitative estimate of drug-likeness (QED) is 0.867. The van der Waals surface area contributed by atoms with Crippen LogP contribution in [0.25, 0.3) is 0 Å². The molecule has 0 fully saturated rings. The number of methoxy groups -OCH3 is 4. The lowest BCUT2D eigenvalue weighted by molar-refractivity contribution is 0.102. The average Bonchev–Trinajstić information content (AvgIpc) is 2.60. The van der Waals surface area contributed by atoms with Gasteiger partial charge in [-0.3, -0.25) is 4.79 Å². The van der Waals surface area contributed by atoms with Crippen molar-refractivity contribution in [3.63, 3.8) is 0 Å². The lowest BCUT2D eigenvalue weighted by Gasteiger charge is -2.14. The fourth-order valence-electron chi connectivity index (χ4n) is 1.92. The van der Waals surface area contributed by atoms with Gasteiger partial charge in [0.25, 0.3) is 5.91 Å². The molecule has 0 saturated heterocycles. The van der Waals surface area contributed by atoms with Crippen LogP contribution in [0.1, 0.15) is 10.5 Å². The summed E-state index contributed by atoms with van der Waals surface area (Å²) in [5.74, 6) is 1.19. The van der Waals surface area contributed by atoms with Gasteiger partial charge in [-0.15, -0.1) is 0 Å². The van der Waals surface area contributed by atoms with Crippen LogP contribution >= 0.6 is 0 Å². The second-order valence-corrected chi connectivity index (χ2v) is 4.31. The number of nitrogens with zero attached hydrogens (tertiary/aromatic N) is 2. The molecule has 8 nitrogen and oxygen atoms in total. The summed E-state index contributed by atoms with van der Waals surface area (Å²) < 4.78 is 20.7. The number of benzene rings is 1. The van der Waals surface area contributed by atoms with Gasteiger partial charge in [-0.2, -0.15) is 0 Å². The Morgan fingerprint density at radius 1 is 0.913 bits per heavy atom. The Hall–Kier alpha value is -3.03. The predicted molar refractivity (Wildman–Crippen MR) is 82.6 cm³/mol. The Kier molecular flexibility index (Phi) is 5.19. The molecule has 0 aliphatic heterocycles. The number of rotatable bonds is 6. The van der Waals surface area contributed by atoms with E-state index in [2.05, 4.69) is 15.3 Å². The molecule has 0 aliphatic rings. The Bertz CT molecular complexity index is 680. The first-order valence-corrected chi connectivity index (χ1v) is 6.60. The first-order valence-electron chi connectivity index (χ1n) is 6.60. The van der Waals surface area contributed by atoms with Crippen molar-refractivity contribution in [2.24, 2.45) is 0 Å². The summed E-state index contributed by atoms with van der Waals surface area (Å²) in [7, 11) is 5.96. The number of aromatic nitrogens is 2. The third-order valence-corrected chi connectivity index (χ3v) is 3.01. The Morgan fingerprint density at radius 2 is 1.57 bits per heavy atom. The number of ether oxygens (including phenoxy) is 4. The molecule has 1 N–H and O–H groups in total. The molecule has 0 aliphatic carbocycles. The molecular weight excluding hydrogens is 302 g/mol. The van der Waals surface area contributed by atoms with E-state index >= 15 is 0 Å². The number of hydrogen-bond acceptors (Lipinski definition) is 7. The van der Waals surface area contributed by atoms with E-state index in [4.69, 9.17) is 18.9 Å². The number of nitrogens with one attached hydrogen (secondary N) is 1. The van der Waals surface area contributed by atoms with Gasteiger partial charge in [0, 0.05) is 23.9 Å². The minimum atomic E-state index is -0.417. The standard InChI is InChI=1S/C15H17N3O5/c1-20-11-5-9(6-12(21-2)14(11)23-4)18-15(19)10-7-13(22-3)17-8-16-10/h5-8H,1-4H3,(H,18,19). The Balaban J connectivity index is 2.30. The zero-order valence-electron chi connectivity index (χ0n) is 13.2. The fraction of sp³-hybridized carbons (Fsp3) is 0.267. The van der Waals surface area contributed by atoms with Crippen molar-refractivity contribution >= 4 is 11.6 Å². The Labute approximate surface area is 133 Å². The highest BCUT2D eigenvalue weighted by Crippen LogP contribution is 2.39. The highest BCUT2D eigenvalue weighted by atomic mass is 16.5. The molecule has 0 unspecified atom stereocenters. The molecule has 1 aromatic heterocycles. The average molecular weight is 319 g/mol. The van der Waals surface area contributed by atoms with Crippen molar-refractivity contribution in [1.82, 2.24) is 9.97 Å². The van der Waals surface area contributed by atoms with E-state index < -0.39 is 5.91 Å². The van der Waals surface area contributed by atoms with E-state index in [0.29, 0.717) is 28.8 Å². The van der Waals surface area contributed by atoms with Gasteiger partial charge in [-0.1, -0.05) is 0 Å². The summed E-state index contributed by atoms with van der Waals surface area (Å²) in [5, 5.41) is 2.71. The third kappa shape index (κ3) is 3.60. The second kappa shape index (κ2) is 7.30. The molecule has 23 heavy (non-hydrogen) atoms. The highest BCUT2D eigenvalue weighted by Gasteiger charge is 2.16. The van der Waals surface area contributed by atoms with Crippen LogP contribution in [0.4, 0.5) is 5.69 Å². The normalized spacial score (nSPS) is 9.91. The van der Waals surface area contributed by atoms with E-state index in [0.717, 1.165) is 0 Å². The van der Waals surface area contributed by atoms with Crippen molar-refractivity contribution in [1.29, 1.82) is 0 Å². The summed E-state index contributed by atoms with van der Waals surface area (Å²) in [6.45, 7) is 0. The van der Waals surface area contributed by atoms with E-state index in [9.17, 15) is 4.79 Å². The summed E-state index contributed by atoms with van der Waals surface area (Å²) in [6.07, 6.45) is 1.25. The van der Waals surface area contributed by atoms with Gasteiger partial charge in [-0.25, -0.2) is 9.97 Å². The topological polar surface area (TPSA) is 91.8 Å². The molecule has 2 aromatic rings. The molecule has 0 radical (unpaired) electrons. The summed E-state index contributed by atoms with van der Waals surface area (Å²) in [6, 6.07) is 4.68. The van der Waals surface area contributed by atoms with Crippen LogP contribution in [-0.2, 0) is 0 Å². The summed E-state index contributed by atoms with van der Waals surface area (Å²) >= 11 is 0. The molecule has 2 rings (SSSR count). The zero-order valence-corrected chi connectivity index (χ0v) is 13.2.